The standard InChI is InChI=1S/C18H13BrN2O3S/c1-10-13(21-17(24-10)14-7-4-8-25-14)9-23-18(22)16-15(19)11-5-2-3-6-12(11)20-16/h2-8,20H,9H2,1H3. The number of hydrogen-bond acceptors (Lipinski definition) is 5. The first-order chi connectivity index (χ1) is 12.1. The van der Waals surface area contributed by atoms with Crippen molar-refractivity contribution in [3.05, 3.63) is 63.4 Å². The second kappa shape index (κ2) is 6.50. The molecule has 5 nitrogen and oxygen atoms in total. The number of carbonyl (C=O) groups excluding carboxylic acids is 1. The van der Waals surface area contributed by atoms with Crippen molar-refractivity contribution in [2.45, 2.75) is 13.5 Å². The Kier molecular flexibility index (Phi) is 4.19. The van der Waals surface area contributed by atoms with Crippen LogP contribution in [-0.4, -0.2) is 15.9 Å². The monoisotopic (exact) mass is 416 g/mol. The Morgan fingerprint density at radius 3 is 2.92 bits per heavy atom. The molecule has 4 aromatic rings. The van der Waals surface area contributed by atoms with Crippen molar-refractivity contribution >= 4 is 44.1 Å². The van der Waals surface area contributed by atoms with Crippen molar-refractivity contribution in [2.75, 3.05) is 0 Å². The van der Waals surface area contributed by atoms with Crippen molar-refractivity contribution in [2.24, 2.45) is 0 Å². The van der Waals surface area contributed by atoms with Crippen LogP contribution in [-0.2, 0) is 11.3 Å². The Morgan fingerprint density at radius 1 is 1.32 bits per heavy atom. The van der Waals surface area contributed by atoms with Gasteiger partial charge in [0.1, 0.15) is 23.8 Å². The average Bonchev–Trinajstić information content (AvgIpc) is 3.33. The fourth-order valence-corrected chi connectivity index (χ4v) is 3.78. The van der Waals surface area contributed by atoms with Gasteiger partial charge in [-0.1, -0.05) is 24.3 Å². The van der Waals surface area contributed by atoms with E-state index < -0.39 is 5.97 Å². The van der Waals surface area contributed by atoms with Gasteiger partial charge in [0.2, 0.25) is 5.89 Å². The van der Waals surface area contributed by atoms with E-state index in [1.54, 1.807) is 11.3 Å². The number of aromatic nitrogens is 2. The molecular formula is C18H13BrN2O3S. The van der Waals surface area contributed by atoms with Gasteiger partial charge in [-0.25, -0.2) is 9.78 Å². The third-order valence-electron chi connectivity index (χ3n) is 3.81. The minimum Gasteiger partial charge on any atom is -0.454 e. The molecule has 0 saturated carbocycles. The van der Waals surface area contributed by atoms with Crippen molar-refractivity contribution in [3.8, 4) is 10.8 Å². The summed E-state index contributed by atoms with van der Waals surface area (Å²) >= 11 is 5.01. The lowest BCUT2D eigenvalue weighted by molar-refractivity contribution is 0.0460. The van der Waals surface area contributed by atoms with Crippen LogP contribution in [0.15, 0.2) is 50.7 Å². The number of aryl methyl sites for hydroxylation is 1. The number of halogens is 1. The Bertz CT molecular complexity index is 1050. The van der Waals surface area contributed by atoms with Gasteiger partial charge in [-0.2, -0.15) is 0 Å². The van der Waals surface area contributed by atoms with Gasteiger partial charge in [-0.3, -0.25) is 0 Å². The van der Waals surface area contributed by atoms with Gasteiger partial charge in [0, 0.05) is 10.9 Å². The van der Waals surface area contributed by atoms with Gasteiger partial charge >= 0.3 is 5.97 Å². The zero-order valence-corrected chi connectivity index (χ0v) is 15.6. The van der Waals surface area contributed by atoms with Crippen molar-refractivity contribution < 1.29 is 13.9 Å². The molecule has 1 N–H and O–H groups in total. The second-order valence-corrected chi connectivity index (χ2v) is 7.18. The molecule has 0 aliphatic rings. The van der Waals surface area contributed by atoms with Crippen LogP contribution in [0.3, 0.4) is 0 Å². The van der Waals surface area contributed by atoms with E-state index in [1.165, 1.54) is 0 Å². The maximum Gasteiger partial charge on any atom is 0.356 e. The maximum absolute atomic E-state index is 12.4. The number of H-pyrrole nitrogens is 1. The van der Waals surface area contributed by atoms with Gasteiger partial charge < -0.3 is 14.1 Å². The van der Waals surface area contributed by atoms with Gasteiger partial charge in [-0.15, -0.1) is 11.3 Å². The molecule has 0 atom stereocenters. The molecule has 0 bridgehead atoms. The zero-order valence-electron chi connectivity index (χ0n) is 13.2. The predicted octanol–water partition coefficient (Wildman–Crippen LogP) is 5.31. The number of fused-ring (bicyclic) bond motifs is 1. The van der Waals surface area contributed by atoms with E-state index in [-0.39, 0.29) is 6.61 Å². The van der Waals surface area contributed by atoms with Crippen molar-refractivity contribution in [1.82, 2.24) is 9.97 Å². The Morgan fingerprint density at radius 2 is 2.16 bits per heavy atom. The third-order valence-corrected chi connectivity index (χ3v) is 5.49. The summed E-state index contributed by atoms with van der Waals surface area (Å²) < 4.78 is 11.8. The second-order valence-electron chi connectivity index (χ2n) is 5.43. The number of nitrogens with zero attached hydrogens (tertiary/aromatic N) is 1. The lowest BCUT2D eigenvalue weighted by Gasteiger charge is -2.02. The van der Waals surface area contributed by atoms with Crippen LogP contribution < -0.4 is 0 Å². The Hall–Kier alpha value is -2.38. The lowest BCUT2D eigenvalue weighted by Crippen LogP contribution is -2.07. The molecule has 0 aliphatic carbocycles. The average molecular weight is 417 g/mol. The highest BCUT2D eigenvalue weighted by Crippen LogP contribution is 2.29. The molecule has 0 fully saturated rings. The number of ether oxygens (including phenoxy) is 1. The summed E-state index contributed by atoms with van der Waals surface area (Å²) in [5, 5.41) is 2.90. The molecule has 0 aliphatic heterocycles. The molecular weight excluding hydrogens is 404 g/mol. The highest BCUT2D eigenvalue weighted by molar-refractivity contribution is 9.10. The molecule has 0 saturated heterocycles. The van der Waals surface area contributed by atoms with Crippen LogP contribution in [0.4, 0.5) is 0 Å². The van der Waals surface area contributed by atoms with E-state index in [9.17, 15) is 4.79 Å². The number of aromatic amines is 1. The van der Waals surface area contributed by atoms with Crippen LogP contribution >= 0.6 is 27.3 Å². The van der Waals surface area contributed by atoms with E-state index in [1.807, 2.05) is 48.7 Å². The summed E-state index contributed by atoms with van der Waals surface area (Å²) in [4.78, 5) is 20.9. The largest absolute Gasteiger partial charge is 0.454 e. The molecule has 126 valence electrons. The number of carbonyl (C=O) groups is 1. The minimum absolute atomic E-state index is 0.0569. The number of para-hydroxylation sites is 1. The highest BCUT2D eigenvalue weighted by Gasteiger charge is 2.19. The number of rotatable bonds is 4. The Balaban J connectivity index is 1.53. The lowest BCUT2D eigenvalue weighted by atomic mass is 10.2. The number of esters is 1. The van der Waals surface area contributed by atoms with E-state index in [0.29, 0.717) is 27.5 Å². The molecule has 3 aromatic heterocycles. The van der Waals surface area contributed by atoms with Crippen LogP contribution in [0.2, 0.25) is 0 Å². The summed E-state index contributed by atoms with van der Waals surface area (Å²) in [5.74, 6) is 0.750. The smallest absolute Gasteiger partial charge is 0.356 e. The molecule has 1 aromatic carbocycles. The minimum atomic E-state index is -0.442. The van der Waals surface area contributed by atoms with E-state index in [2.05, 4.69) is 25.9 Å². The first-order valence-electron chi connectivity index (χ1n) is 7.57. The fourth-order valence-electron chi connectivity index (χ4n) is 2.52. The van der Waals surface area contributed by atoms with Crippen LogP contribution in [0, 0.1) is 6.92 Å². The van der Waals surface area contributed by atoms with Crippen molar-refractivity contribution in [1.29, 1.82) is 0 Å². The topological polar surface area (TPSA) is 68.1 Å². The maximum atomic E-state index is 12.4. The number of hydrogen-bond donors (Lipinski definition) is 1. The van der Waals surface area contributed by atoms with Crippen LogP contribution in [0.25, 0.3) is 21.7 Å². The summed E-state index contributed by atoms with van der Waals surface area (Å²) in [5.41, 5.74) is 1.88. The summed E-state index contributed by atoms with van der Waals surface area (Å²) in [6, 6.07) is 11.5. The van der Waals surface area contributed by atoms with Gasteiger partial charge in [0.15, 0.2) is 0 Å². The number of thiophene rings is 1. The molecule has 0 radical (unpaired) electrons. The molecule has 25 heavy (non-hydrogen) atoms. The Labute approximate surface area is 155 Å². The van der Waals surface area contributed by atoms with Gasteiger partial charge in [-0.05, 0) is 40.4 Å². The van der Waals surface area contributed by atoms with Gasteiger partial charge in [0.05, 0.1) is 9.35 Å². The fraction of sp³-hybridized carbons (Fsp3) is 0.111. The van der Waals surface area contributed by atoms with Crippen LogP contribution in [0.5, 0.6) is 0 Å². The number of nitrogens with one attached hydrogen (secondary N) is 1. The van der Waals surface area contributed by atoms with Gasteiger partial charge in [0.25, 0.3) is 0 Å². The normalized spacial score (nSPS) is 11.1. The quantitative estimate of drug-likeness (QED) is 0.457. The summed E-state index contributed by atoms with van der Waals surface area (Å²) in [7, 11) is 0. The third kappa shape index (κ3) is 3.01. The van der Waals surface area contributed by atoms with E-state index >= 15 is 0 Å². The highest BCUT2D eigenvalue weighted by atomic mass is 79.9. The zero-order chi connectivity index (χ0) is 17.4. The summed E-state index contributed by atoms with van der Waals surface area (Å²) in [6.07, 6.45) is 0. The van der Waals surface area contributed by atoms with E-state index in [0.717, 1.165) is 15.8 Å². The molecule has 0 amide bonds. The van der Waals surface area contributed by atoms with E-state index in [4.69, 9.17) is 9.15 Å². The molecule has 4 rings (SSSR count). The van der Waals surface area contributed by atoms with Crippen molar-refractivity contribution in [3.63, 3.8) is 0 Å². The van der Waals surface area contributed by atoms with Crippen LogP contribution in [0.1, 0.15) is 21.9 Å². The SMILES string of the molecule is Cc1oc(-c2cccs2)nc1COC(=O)c1[nH]c2ccccc2c1Br. The first-order valence-corrected chi connectivity index (χ1v) is 9.24. The first kappa shape index (κ1) is 16.1. The predicted molar refractivity (Wildman–Crippen MR) is 99.7 cm³/mol. The molecule has 0 spiro atoms. The summed E-state index contributed by atoms with van der Waals surface area (Å²) in [6.45, 7) is 1.87. The number of benzene rings is 1. The molecule has 3 heterocycles. The molecule has 0 unspecified atom stereocenters. The number of oxazole rings is 1. The molecule has 7 heteroatoms.